The SMILES string of the molecule is C=CCSc1nnc(-c2ccc3ccccc3c2)o1. The van der Waals surface area contributed by atoms with Crippen LogP contribution in [-0.2, 0) is 0 Å². The van der Waals surface area contributed by atoms with Gasteiger partial charge in [0, 0.05) is 11.3 Å². The van der Waals surface area contributed by atoms with Crippen molar-refractivity contribution in [2.45, 2.75) is 5.22 Å². The van der Waals surface area contributed by atoms with Gasteiger partial charge in [-0.1, -0.05) is 48.2 Å². The number of aromatic nitrogens is 2. The van der Waals surface area contributed by atoms with Crippen LogP contribution in [0.1, 0.15) is 0 Å². The van der Waals surface area contributed by atoms with Gasteiger partial charge >= 0.3 is 0 Å². The number of hydrogen-bond acceptors (Lipinski definition) is 4. The van der Waals surface area contributed by atoms with E-state index in [-0.39, 0.29) is 0 Å². The van der Waals surface area contributed by atoms with E-state index < -0.39 is 0 Å². The van der Waals surface area contributed by atoms with Crippen LogP contribution in [0.25, 0.3) is 22.2 Å². The van der Waals surface area contributed by atoms with Crippen LogP contribution in [0.3, 0.4) is 0 Å². The Morgan fingerprint density at radius 1 is 1.11 bits per heavy atom. The van der Waals surface area contributed by atoms with Gasteiger partial charge in [0.1, 0.15) is 0 Å². The highest BCUT2D eigenvalue weighted by Gasteiger charge is 2.08. The van der Waals surface area contributed by atoms with Gasteiger partial charge in [-0.3, -0.25) is 0 Å². The molecule has 0 saturated carbocycles. The summed E-state index contributed by atoms with van der Waals surface area (Å²) >= 11 is 1.48. The summed E-state index contributed by atoms with van der Waals surface area (Å²) < 4.78 is 5.61. The highest BCUT2D eigenvalue weighted by Crippen LogP contribution is 2.26. The van der Waals surface area contributed by atoms with E-state index in [9.17, 15) is 0 Å². The molecule has 0 aliphatic rings. The first-order chi connectivity index (χ1) is 9.36. The van der Waals surface area contributed by atoms with Crippen molar-refractivity contribution < 1.29 is 4.42 Å². The Morgan fingerprint density at radius 3 is 2.79 bits per heavy atom. The van der Waals surface area contributed by atoms with Crippen LogP contribution in [0.5, 0.6) is 0 Å². The molecule has 0 N–H and O–H groups in total. The lowest BCUT2D eigenvalue weighted by Crippen LogP contribution is -1.78. The molecule has 3 rings (SSSR count). The van der Waals surface area contributed by atoms with Gasteiger partial charge in [0.05, 0.1) is 0 Å². The lowest BCUT2D eigenvalue weighted by molar-refractivity contribution is 0.466. The molecule has 19 heavy (non-hydrogen) atoms. The lowest BCUT2D eigenvalue weighted by atomic mass is 10.1. The maximum Gasteiger partial charge on any atom is 0.277 e. The molecule has 0 saturated heterocycles. The third-order valence-electron chi connectivity index (χ3n) is 2.73. The molecular weight excluding hydrogens is 256 g/mol. The first kappa shape index (κ1) is 12.0. The second-order valence-corrected chi connectivity index (χ2v) is 5.01. The van der Waals surface area contributed by atoms with E-state index in [4.69, 9.17) is 4.42 Å². The van der Waals surface area contributed by atoms with Gasteiger partial charge in [-0.15, -0.1) is 16.8 Å². The van der Waals surface area contributed by atoms with Gasteiger partial charge in [-0.05, 0) is 22.9 Å². The number of thioether (sulfide) groups is 1. The van der Waals surface area contributed by atoms with Gasteiger partial charge in [0.2, 0.25) is 5.89 Å². The van der Waals surface area contributed by atoms with E-state index in [1.165, 1.54) is 22.5 Å². The Labute approximate surface area is 115 Å². The van der Waals surface area contributed by atoms with E-state index >= 15 is 0 Å². The first-order valence-electron chi connectivity index (χ1n) is 5.93. The standard InChI is InChI=1S/C15H12N2OS/c1-2-9-19-15-17-16-14(18-15)13-8-7-11-5-3-4-6-12(11)10-13/h2-8,10H,1,9H2. The molecule has 3 aromatic rings. The summed E-state index contributed by atoms with van der Waals surface area (Å²) in [7, 11) is 0. The molecule has 0 fully saturated rings. The summed E-state index contributed by atoms with van der Waals surface area (Å²) in [6.07, 6.45) is 1.81. The second-order valence-electron chi connectivity index (χ2n) is 4.03. The van der Waals surface area contributed by atoms with Crippen molar-refractivity contribution in [3.63, 3.8) is 0 Å². The molecule has 1 aromatic heterocycles. The average Bonchev–Trinajstić information content (AvgIpc) is 2.93. The predicted octanol–water partition coefficient (Wildman–Crippen LogP) is 4.17. The lowest BCUT2D eigenvalue weighted by Gasteiger charge is -1.99. The number of rotatable bonds is 4. The monoisotopic (exact) mass is 268 g/mol. The third kappa shape index (κ3) is 2.53. The van der Waals surface area contributed by atoms with Crippen LogP contribution in [-0.4, -0.2) is 16.0 Å². The van der Waals surface area contributed by atoms with Crippen molar-refractivity contribution in [2.24, 2.45) is 0 Å². The van der Waals surface area contributed by atoms with E-state index in [0.29, 0.717) is 11.1 Å². The fourth-order valence-corrected chi connectivity index (χ4v) is 2.33. The maximum absolute atomic E-state index is 5.61. The van der Waals surface area contributed by atoms with Crippen LogP contribution >= 0.6 is 11.8 Å². The topological polar surface area (TPSA) is 38.9 Å². The van der Waals surface area contributed by atoms with Crippen LogP contribution in [0.2, 0.25) is 0 Å². The second kappa shape index (κ2) is 5.28. The molecule has 0 amide bonds. The molecule has 4 heteroatoms. The molecule has 2 aromatic carbocycles. The zero-order valence-corrected chi connectivity index (χ0v) is 11.1. The Kier molecular flexibility index (Phi) is 3.33. The molecule has 1 heterocycles. The molecule has 0 aliphatic carbocycles. The normalized spacial score (nSPS) is 10.7. The zero-order chi connectivity index (χ0) is 13.1. The van der Waals surface area contributed by atoms with Crippen molar-refractivity contribution in [1.29, 1.82) is 0 Å². The zero-order valence-electron chi connectivity index (χ0n) is 10.2. The summed E-state index contributed by atoms with van der Waals surface area (Å²) in [5.74, 6) is 1.32. The molecule has 94 valence electrons. The van der Waals surface area contributed by atoms with Gasteiger partial charge in [-0.2, -0.15) is 0 Å². The van der Waals surface area contributed by atoms with E-state index in [2.05, 4.69) is 41.0 Å². The van der Waals surface area contributed by atoms with Gasteiger partial charge in [-0.25, -0.2) is 0 Å². The molecule has 3 nitrogen and oxygen atoms in total. The predicted molar refractivity (Wildman–Crippen MR) is 78.2 cm³/mol. The average molecular weight is 268 g/mol. The molecular formula is C15H12N2OS. The highest BCUT2D eigenvalue weighted by atomic mass is 32.2. The Morgan fingerprint density at radius 2 is 1.95 bits per heavy atom. The van der Waals surface area contributed by atoms with Crippen LogP contribution in [0, 0.1) is 0 Å². The minimum Gasteiger partial charge on any atom is -0.411 e. The van der Waals surface area contributed by atoms with Gasteiger partial charge in [0.25, 0.3) is 5.22 Å². The first-order valence-corrected chi connectivity index (χ1v) is 6.92. The Bertz CT molecular complexity index is 721. The summed E-state index contributed by atoms with van der Waals surface area (Å²) in [6.45, 7) is 3.66. The van der Waals surface area contributed by atoms with Gasteiger partial charge < -0.3 is 4.42 Å². The molecule has 0 radical (unpaired) electrons. The minimum atomic E-state index is 0.553. The van der Waals surface area contributed by atoms with Crippen molar-refractivity contribution in [3.05, 3.63) is 55.1 Å². The smallest absolute Gasteiger partial charge is 0.277 e. The molecule has 0 spiro atoms. The Balaban J connectivity index is 1.94. The van der Waals surface area contributed by atoms with Gasteiger partial charge in [0.15, 0.2) is 0 Å². The van der Waals surface area contributed by atoms with Crippen molar-refractivity contribution in [3.8, 4) is 11.5 Å². The summed E-state index contributed by atoms with van der Waals surface area (Å²) in [5, 5.41) is 11.0. The number of fused-ring (bicyclic) bond motifs is 1. The molecule has 0 unspecified atom stereocenters. The number of benzene rings is 2. The van der Waals surface area contributed by atoms with Crippen LogP contribution in [0.15, 0.2) is 64.8 Å². The van der Waals surface area contributed by atoms with Crippen LogP contribution < -0.4 is 0 Å². The molecule has 0 atom stereocenters. The summed E-state index contributed by atoms with van der Waals surface area (Å²) in [5.41, 5.74) is 0.941. The maximum atomic E-state index is 5.61. The minimum absolute atomic E-state index is 0.553. The van der Waals surface area contributed by atoms with Crippen LogP contribution in [0.4, 0.5) is 0 Å². The fraction of sp³-hybridized carbons (Fsp3) is 0.0667. The van der Waals surface area contributed by atoms with E-state index in [1.54, 1.807) is 0 Å². The highest BCUT2D eigenvalue weighted by molar-refractivity contribution is 7.99. The quantitative estimate of drug-likeness (QED) is 0.526. The number of hydrogen-bond donors (Lipinski definition) is 0. The van der Waals surface area contributed by atoms with E-state index in [1.807, 2.05) is 24.3 Å². The molecule has 0 aliphatic heterocycles. The largest absolute Gasteiger partial charge is 0.411 e. The van der Waals surface area contributed by atoms with E-state index in [0.717, 1.165) is 11.3 Å². The number of nitrogens with zero attached hydrogens (tertiary/aromatic N) is 2. The third-order valence-corrected chi connectivity index (χ3v) is 3.54. The molecule has 0 bridgehead atoms. The van der Waals surface area contributed by atoms with Crippen molar-refractivity contribution in [1.82, 2.24) is 10.2 Å². The van der Waals surface area contributed by atoms with Crippen molar-refractivity contribution >= 4 is 22.5 Å². The van der Waals surface area contributed by atoms with Crippen molar-refractivity contribution in [2.75, 3.05) is 5.75 Å². The summed E-state index contributed by atoms with van der Waals surface area (Å²) in [6, 6.07) is 14.3. The fourth-order valence-electron chi connectivity index (χ4n) is 1.84. The summed E-state index contributed by atoms with van der Waals surface area (Å²) in [4.78, 5) is 0. The Hall–Kier alpha value is -2.07.